The van der Waals surface area contributed by atoms with E-state index < -0.39 is 11.5 Å². The summed E-state index contributed by atoms with van der Waals surface area (Å²) in [5.74, 6) is 0.210. The fourth-order valence-corrected chi connectivity index (χ4v) is 5.15. The number of carbonyl (C=O) groups excluding carboxylic acids is 2. The average Bonchev–Trinajstić information content (AvgIpc) is 3.34. The Morgan fingerprint density at radius 1 is 1.27 bits per heavy atom. The van der Waals surface area contributed by atoms with Crippen molar-refractivity contribution in [2.45, 2.75) is 24.0 Å². The summed E-state index contributed by atoms with van der Waals surface area (Å²) in [5.41, 5.74) is 0.702. The molecule has 0 spiro atoms. The Morgan fingerprint density at radius 3 is 2.77 bits per heavy atom. The lowest BCUT2D eigenvalue weighted by atomic mass is 10.0. The maximum absolute atomic E-state index is 12.8. The van der Waals surface area contributed by atoms with Gasteiger partial charge in [-0.3, -0.25) is 9.59 Å². The first-order chi connectivity index (χ1) is 14.3. The second-order valence-electron chi connectivity index (χ2n) is 7.29. The largest absolute Gasteiger partial charge is 0.375 e. The van der Waals surface area contributed by atoms with Gasteiger partial charge in [-0.2, -0.15) is 0 Å². The molecule has 8 nitrogen and oxygen atoms in total. The van der Waals surface area contributed by atoms with Crippen molar-refractivity contribution >= 4 is 51.8 Å². The molecular formula is C20H21N5O3S2. The maximum Gasteiger partial charge on any atom is 0.257 e. The normalized spacial score (nSPS) is 18.6. The molecule has 0 unspecified atom stereocenters. The van der Waals surface area contributed by atoms with Crippen LogP contribution in [0, 0.1) is 6.92 Å². The van der Waals surface area contributed by atoms with Crippen molar-refractivity contribution in [3.05, 3.63) is 39.7 Å². The predicted octanol–water partition coefficient (Wildman–Crippen LogP) is 2.14. The van der Waals surface area contributed by atoms with Crippen molar-refractivity contribution in [2.75, 3.05) is 31.3 Å². The van der Waals surface area contributed by atoms with Crippen LogP contribution in [0.2, 0.25) is 0 Å². The minimum absolute atomic E-state index is 0.0935. The number of thiophene rings is 1. The number of amides is 1. The standard InChI is InChI=1S/C20H21N5O3S2/c1-11-4-5-12-16(22-11)17(24-19(23-12)25(2)3)29-10-13(26)14-6-7-15(30-14)20(28)8-9-21-18(20)27/h4-7,28H,8-10H2,1-3H3,(H,21,27)/t20-/m0/s1. The topological polar surface area (TPSA) is 108 Å². The first-order valence-corrected chi connectivity index (χ1v) is 11.2. The molecule has 30 heavy (non-hydrogen) atoms. The van der Waals surface area contributed by atoms with E-state index in [2.05, 4.69) is 20.3 Å². The molecule has 1 saturated heterocycles. The molecule has 4 rings (SSSR count). The second-order valence-corrected chi connectivity index (χ2v) is 9.33. The zero-order chi connectivity index (χ0) is 21.5. The minimum atomic E-state index is -1.54. The van der Waals surface area contributed by atoms with Crippen LogP contribution in [-0.2, 0) is 10.4 Å². The van der Waals surface area contributed by atoms with Gasteiger partial charge in [0.15, 0.2) is 11.4 Å². The summed E-state index contributed by atoms with van der Waals surface area (Å²) in [6.07, 6.45) is 0.306. The highest BCUT2D eigenvalue weighted by molar-refractivity contribution is 8.00. The first-order valence-electron chi connectivity index (χ1n) is 9.37. The monoisotopic (exact) mass is 443 g/mol. The van der Waals surface area contributed by atoms with Gasteiger partial charge in [0.05, 0.1) is 16.1 Å². The molecule has 1 atom stereocenters. The lowest BCUT2D eigenvalue weighted by molar-refractivity contribution is -0.135. The number of hydrogen-bond donors (Lipinski definition) is 2. The van der Waals surface area contributed by atoms with Crippen LogP contribution in [0.25, 0.3) is 11.0 Å². The molecule has 0 aliphatic carbocycles. The smallest absolute Gasteiger partial charge is 0.257 e. The Hall–Kier alpha value is -2.56. The lowest BCUT2D eigenvalue weighted by Gasteiger charge is -2.16. The molecule has 1 aliphatic heterocycles. The second kappa shape index (κ2) is 7.93. The third-order valence-electron chi connectivity index (χ3n) is 4.81. The summed E-state index contributed by atoms with van der Waals surface area (Å²) in [6.45, 7) is 2.32. The highest BCUT2D eigenvalue weighted by atomic mass is 32.2. The maximum atomic E-state index is 12.8. The molecule has 1 amide bonds. The van der Waals surface area contributed by atoms with Gasteiger partial charge in [0.2, 0.25) is 5.95 Å². The fourth-order valence-electron chi connectivity index (χ4n) is 3.14. The number of Topliss-reactive ketones (excluding diaryl/α,β-unsaturated/α-hetero) is 1. The van der Waals surface area contributed by atoms with E-state index >= 15 is 0 Å². The van der Waals surface area contributed by atoms with Crippen LogP contribution in [0.1, 0.15) is 26.7 Å². The SMILES string of the molecule is Cc1ccc2nc(N(C)C)nc(SCC(=O)c3ccc([C@@]4(O)CCNC4=O)s3)c2n1. The molecule has 1 aliphatic rings. The number of ketones is 1. The molecule has 4 heterocycles. The number of aromatic nitrogens is 3. The number of anilines is 1. The number of nitrogens with zero attached hydrogens (tertiary/aromatic N) is 4. The van der Waals surface area contributed by atoms with Gasteiger partial charge < -0.3 is 15.3 Å². The van der Waals surface area contributed by atoms with Gasteiger partial charge in [0.25, 0.3) is 5.91 Å². The summed E-state index contributed by atoms with van der Waals surface area (Å²) < 4.78 is 0. The number of fused-ring (bicyclic) bond motifs is 1. The number of nitrogens with one attached hydrogen (secondary N) is 1. The van der Waals surface area contributed by atoms with Crippen LogP contribution >= 0.6 is 23.1 Å². The van der Waals surface area contributed by atoms with Crippen LogP contribution < -0.4 is 10.2 Å². The Bertz CT molecular complexity index is 1150. The molecule has 0 bridgehead atoms. The first kappa shape index (κ1) is 20.7. The summed E-state index contributed by atoms with van der Waals surface area (Å²) >= 11 is 2.47. The molecule has 156 valence electrons. The van der Waals surface area contributed by atoms with E-state index in [0.717, 1.165) is 22.5 Å². The van der Waals surface area contributed by atoms with E-state index in [0.29, 0.717) is 39.2 Å². The quantitative estimate of drug-likeness (QED) is 0.339. The van der Waals surface area contributed by atoms with Gasteiger partial charge in [-0.05, 0) is 31.2 Å². The summed E-state index contributed by atoms with van der Waals surface area (Å²) in [6, 6.07) is 7.11. The van der Waals surface area contributed by atoms with Crippen molar-refractivity contribution in [1.82, 2.24) is 20.3 Å². The predicted molar refractivity (Wildman–Crippen MR) is 117 cm³/mol. The molecule has 3 aromatic rings. The Labute approximate surface area is 181 Å². The van der Waals surface area contributed by atoms with Crippen LogP contribution in [0.5, 0.6) is 0 Å². The number of pyridine rings is 1. The highest BCUT2D eigenvalue weighted by Gasteiger charge is 2.43. The van der Waals surface area contributed by atoms with Crippen LogP contribution in [0.3, 0.4) is 0 Å². The van der Waals surface area contributed by atoms with Crippen molar-refractivity contribution in [3.63, 3.8) is 0 Å². The molecule has 0 radical (unpaired) electrons. The van der Waals surface area contributed by atoms with Gasteiger partial charge in [0, 0.05) is 37.6 Å². The van der Waals surface area contributed by atoms with Crippen molar-refractivity contribution in [1.29, 1.82) is 0 Å². The number of aliphatic hydroxyl groups is 1. The van der Waals surface area contributed by atoms with E-state index in [-0.39, 0.29) is 11.5 Å². The highest BCUT2D eigenvalue weighted by Crippen LogP contribution is 2.35. The van der Waals surface area contributed by atoms with Gasteiger partial charge in [-0.15, -0.1) is 11.3 Å². The summed E-state index contributed by atoms with van der Waals surface area (Å²) in [5, 5.41) is 13.9. The molecule has 1 fully saturated rings. The van der Waals surface area contributed by atoms with Crippen molar-refractivity contribution in [2.24, 2.45) is 0 Å². The molecule has 3 aromatic heterocycles. The molecule has 2 N–H and O–H groups in total. The van der Waals surface area contributed by atoms with Crippen molar-refractivity contribution in [3.8, 4) is 0 Å². The lowest BCUT2D eigenvalue weighted by Crippen LogP contribution is -2.34. The number of thioether (sulfide) groups is 1. The van der Waals surface area contributed by atoms with E-state index in [9.17, 15) is 14.7 Å². The third-order valence-corrected chi connectivity index (χ3v) is 7.06. The number of rotatable bonds is 6. The van der Waals surface area contributed by atoms with E-state index in [4.69, 9.17) is 0 Å². The molecule has 0 saturated carbocycles. The average molecular weight is 444 g/mol. The number of aryl methyl sites for hydroxylation is 1. The Kier molecular flexibility index (Phi) is 5.48. The van der Waals surface area contributed by atoms with Crippen LogP contribution in [0.15, 0.2) is 29.3 Å². The van der Waals surface area contributed by atoms with E-state index in [1.54, 1.807) is 12.1 Å². The van der Waals surface area contributed by atoms with Gasteiger partial charge in [-0.1, -0.05) is 11.8 Å². The van der Waals surface area contributed by atoms with E-state index in [1.807, 2.05) is 38.1 Å². The molecule has 0 aromatic carbocycles. The minimum Gasteiger partial charge on any atom is -0.375 e. The van der Waals surface area contributed by atoms with Crippen LogP contribution in [0.4, 0.5) is 5.95 Å². The van der Waals surface area contributed by atoms with Crippen LogP contribution in [-0.4, -0.2) is 58.1 Å². The third kappa shape index (κ3) is 3.78. The summed E-state index contributed by atoms with van der Waals surface area (Å²) in [4.78, 5) is 41.2. The Balaban J connectivity index is 1.56. The summed E-state index contributed by atoms with van der Waals surface area (Å²) in [7, 11) is 3.72. The fraction of sp³-hybridized carbons (Fsp3) is 0.350. The number of hydrogen-bond acceptors (Lipinski definition) is 9. The van der Waals surface area contributed by atoms with Crippen molar-refractivity contribution < 1.29 is 14.7 Å². The zero-order valence-corrected chi connectivity index (χ0v) is 18.4. The van der Waals surface area contributed by atoms with Gasteiger partial charge in [0.1, 0.15) is 10.5 Å². The number of carbonyl (C=O) groups is 2. The zero-order valence-electron chi connectivity index (χ0n) is 16.8. The molecule has 10 heteroatoms. The molecular weight excluding hydrogens is 422 g/mol. The van der Waals surface area contributed by atoms with E-state index in [1.165, 1.54) is 11.8 Å². The Morgan fingerprint density at radius 2 is 2.07 bits per heavy atom. The van der Waals surface area contributed by atoms with Gasteiger partial charge in [-0.25, -0.2) is 15.0 Å². The van der Waals surface area contributed by atoms with Gasteiger partial charge >= 0.3 is 0 Å².